The van der Waals surface area contributed by atoms with Gasteiger partial charge in [0.25, 0.3) is 5.91 Å². The van der Waals surface area contributed by atoms with Crippen molar-refractivity contribution in [3.8, 4) is 17.6 Å². The summed E-state index contributed by atoms with van der Waals surface area (Å²) in [7, 11) is 1.51. The van der Waals surface area contributed by atoms with Gasteiger partial charge in [0.05, 0.1) is 12.7 Å². The van der Waals surface area contributed by atoms with Crippen LogP contribution in [0.4, 0.5) is 5.00 Å². The molecule has 7 nitrogen and oxygen atoms in total. The Bertz CT molecular complexity index is 914. The number of nitriles is 1. The SMILES string of the molecule is C/C=C/c1ccc(OCC(=O)O[C@@H](C)C(=O)Nc2sccc2C#N)c(OC)c1. The molecule has 0 fully saturated rings. The second kappa shape index (κ2) is 10.1. The number of hydrogen-bond acceptors (Lipinski definition) is 7. The van der Waals surface area contributed by atoms with Crippen LogP contribution in [0.2, 0.25) is 0 Å². The average molecular weight is 400 g/mol. The van der Waals surface area contributed by atoms with E-state index in [-0.39, 0.29) is 6.61 Å². The number of esters is 1. The fraction of sp³-hybridized carbons (Fsp3) is 0.250. The molecule has 0 aliphatic rings. The molecule has 0 saturated heterocycles. The van der Waals surface area contributed by atoms with E-state index in [1.807, 2.05) is 31.2 Å². The number of carbonyl (C=O) groups excluding carboxylic acids is 2. The van der Waals surface area contributed by atoms with Gasteiger partial charge in [-0.25, -0.2) is 4.79 Å². The molecular weight excluding hydrogens is 380 g/mol. The van der Waals surface area contributed by atoms with Gasteiger partial charge in [0.15, 0.2) is 24.2 Å². The van der Waals surface area contributed by atoms with Crippen LogP contribution in [0.1, 0.15) is 25.0 Å². The van der Waals surface area contributed by atoms with Crippen molar-refractivity contribution in [2.24, 2.45) is 0 Å². The number of rotatable bonds is 8. The summed E-state index contributed by atoms with van der Waals surface area (Å²) in [6.07, 6.45) is 2.77. The molecule has 146 valence electrons. The largest absolute Gasteiger partial charge is 0.493 e. The first-order chi connectivity index (χ1) is 13.5. The molecule has 28 heavy (non-hydrogen) atoms. The summed E-state index contributed by atoms with van der Waals surface area (Å²) >= 11 is 1.22. The predicted octanol–water partition coefficient (Wildman–Crippen LogP) is 3.61. The van der Waals surface area contributed by atoms with Gasteiger partial charge in [0.1, 0.15) is 11.1 Å². The maximum Gasteiger partial charge on any atom is 0.344 e. The summed E-state index contributed by atoms with van der Waals surface area (Å²) in [4.78, 5) is 24.1. The molecular formula is C20H20N2O5S. The number of ether oxygens (including phenoxy) is 3. The van der Waals surface area contributed by atoms with E-state index in [0.717, 1.165) is 5.56 Å². The molecule has 1 aromatic carbocycles. The van der Waals surface area contributed by atoms with Crippen LogP contribution in [0.5, 0.6) is 11.5 Å². The number of nitrogens with one attached hydrogen (secondary N) is 1. The summed E-state index contributed by atoms with van der Waals surface area (Å²) in [5, 5.41) is 13.6. The molecule has 0 aliphatic heterocycles. The number of benzene rings is 1. The predicted molar refractivity (Wildman–Crippen MR) is 106 cm³/mol. The summed E-state index contributed by atoms with van der Waals surface area (Å²) < 4.78 is 15.8. The molecule has 0 spiro atoms. The summed E-state index contributed by atoms with van der Waals surface area (Å²) in [6, 6.07) is 8.87. The van der Waals surface area contributed by atoms with E-state index in [9.17, 15) is 9.59 Å². The Balaban J connectivity index is 1.89. The quantitative estimate of drug-likeness (QED) is 0.680. The second-order valence-corrected chi connectivity index (χ2v) is 6.51. The molecule has 0 saturated carbocycles. The first kappa shape index (κ1) is 21.0. The normalized spacial score (nSPS) is 11.5. The van der Waals surface area contributed by atoms with Crippen molar-refractivity contribution in [2.45, 2.75) is 20.0 Å². The molecule has 2 aromatic rings. The molecule has 0 aliphatic carbocycles. The number of amides is 1. The second-order valence-electron chi connectivity index (χ2n) is 5.60. The molecule has 0 bridgehead atoms. The number of hydrogen-bond donors (Lipinski definition) is 1. The van der Waals surface area contributed by atoms with Crippen molar-refractivity contribution < 1.29 is 23.8 Å². The molecule has 1 amide bonds. The Morgan fingerprint density at radius 3 is 2.79 bits per heavy atom. The minimum Gasteiger partial charge on any atom is -0.493 e. The van der Waals surface area contributed by atoms with Gasteiger partial charge < -0.3 is 19.5 Å². The highest BCUT2D eigenvalue weighted by molar-refractivity contribution is 7.14. The topological polar surface area (TPSA) is 97.6 Å². The maximum absolute atomic E-state index is 12.1. The van der Waals surface area contributed by atoms with Gasteiger partial charge in [0.2, 0.25) is 0 Å². The number of thiophene rings is 1. The zero-order valence-corrected chi connectivity index (χ0v) is 16.5. The number of anilines is 1. The van der Waals surface area contributed by atoms with Gasteiger partial charge >= 0.3 is 5.97 Å². The molecule has 8 heteroatoms. The first-order valence-electron chi connectivity index (χ1n) is 8.40. The lowest BCUT2D eigenvalue weighted by Crippen LogP contribution is -2.31. The fourth-order valence-corrected chi connectivity index (χ4v) is 2.97. The molecule has 1 heterocycles. The van der Waals surface area contributed by atoms with Crippen molar-refractivity contribution in [2.75, 3.05) is 19.0 Å². The third-order valence-electron chi connectivity index (χ3n) is 3.59. The van der Waals surface area contributed by atoms with E-state index >= 15 is 0 Å². The molecule has 0 radical (unpaired) electrons. The monoisotopic (exact) mass is 400 g/mol. The Hall–Kier alpha value is -3.31. The van der Waals surface area contributed by atoms with Gasteiger partial charge in [-0.05, 0) is 43.0 Å². The lowest BCUT2D eigenvalue weighted by Gasteiger charge is -2.14. The van der Waals surface area contributed by atoms with Crippen LogP contribution in [0.15, 0.2) is 35.7 Å². The van der Waals surface area contributed by atoms with Crippen molar-refractivity contribution in [1.29, 1.82) is 5.26 Å². The molecule has 1 atom stereocenters. The molecule has 1 aromatic heterocycles. The van der Waals surface area contributed by atoms with Crippen LogP contribution >= 0.6 is 11.3 Å². The fourth-order valence-electron chi connectivity index (χ4n) is 2.23. The highest BCUT2D eigenvalue weighted by atomic mass is 32.1. The first-order valence-corrected chi connectivity index (χ1v) is 9.28. The number of methoxy groups -OCH3 is 1. The number of nitrogens with zero attached hydrogens (tertiary/aromatic N) is 1. The summed E-state index contributed by atoms with van der Waals surface area (Å²) in [6.45, 7) is 2.97. The van der Waals surface area contributed by atoms with Crippen LogP contribution in [0.3, 0.4) is 0 Å². The van der Waals surface area contributed by atoms with Crippen molar-refractivity contribution in [3.05, 3.63) is 46.8 Å². The highest BCUT2D eigenvalue weighted by Crippen LogP contribution is 2.28. The van der Waals surface area contributed by atoms with Gasteiger partial charge in [-0.1, -0.05) is 18.2 Å². The Kier molecular flexibility index (Phi) is 7.60. The maximum atomic E-state index is 12.1. The third-order valence-corrected chi connectivity index (χ3v) is 4.42. The number of allylic oxidation sites excluding steroid dienone is 1. The lowest BCUT2D eigenvalue weighted by molar-refractivity contribution is -0.155. The van der Waals surface area contributed by atoms with Crippen LogP contribution in [-0.4, -0.2) is 31.7 Å². The van der Waals surface area contributed by atoms with Crippen molar-refractivity contribution in [3.63, 3.8) is 0 Å². The van der Waals surface area contributed by atoms with Gasteiger partial charge in [-0.3, -0.25) is 4.79 Å². The average Bonchev–Trinajstić information content (AvgIpc) is 3.14. The Morgan fingerprint density at radius 2 is 2.11 bits per heavy atom. The Labute approximate surface area is 167 Å². The van der Waals surface area contributed by atoms with Crippen LogP contribution in [0.25, 0.3) is 6.08 Å². The van der Waals surface area contributed by atoms with E-state index < -0.39 is 18.0 Å². The van der Waals surface area contributed by atoms with Gasteiger partial charge in [0, 0.05) is 0 Å². The minimum atomic E-state index is -1.04. The van der Waals surface area contributed by atoms with Gasteiger partial charge in [-0.2, -0.15) is 5.26 Å². The summed E-state index contributed by atoms with van der Waals surface area (Å²) in [5.74, 6) is -0.354. The zero-order chi connectivity index (χ0) is 20.5. The van der Waals surface area contributed by atoms with E-state index in [1.165, 1.54) is 25.4 Å². The third kappa shape index (κ3) is 5.59. The highest BCUT2D eigenvalue weighted by Gasteiger charge is 2.20. The van der Waals surface area contributed by atoms with Crippen LogP contribution in [-0.2, 0) is 14.3 Å². The zero-order valence-electron chi connectivity index (χ0n) is 15.7. The Morgan fingerprint density at radius 1 is 1.32 bits per heavy atom. The number of carbonyl (C=O) groups is 2. The molecule has 1 N–H and O–H groups in total. The smallest absolute Gasteiger partial charge is 0.344 e. The van der Waals surface area contributed by atoms with E-state index in [2.05, 4.69) is 5.32 Å². The standard InChI is InChI=1S/C20H20N2O5S/c1-4-5-14-6-7-16(17(10-14)25-3)26-12-18(23)27-13(2)19(24)22-20-15(11-21)8-9-28-20/h4-10,13H,12H2,1-3H3,(H,22,24)/b5-4+/t13-/m0/s1. The molecule has 0 unspecified atom stereocenters. The summed E-state index contributed by atoms with van der Waals surface area (Å²) in [5.41, 5.74) is 1.29. The van der Waals surface area contributed by atoms with Gasteiger partial charge in [-0.15, -0.1) is 11.3 Å². The minimum absolute atomic E-state index is 0.355. The van der Waals surface area contributed by atoms with E-state index in [0.29, 0.717) is 22.1 Å². The van der Waals surface area contributed by atoms with Crippen LogP contribution < -0.4 is 14.8 Å². The van der Waals surface area contributed by atoms with Crippen LogP contribution in [0, 0.1) is 11.3 Å². The van der Waals surface area contributed by atoms with Crippen molar-refractivity contribution >= 4 is 34.3 Å². The van der Waals surface area contributed by atoms with Crippen molar-refractivity contribution in [1.82, 2.24) is 0 Å². The molecule has 2 rings (SSSR count). The van der Waals surface area contributed by atoms with E-state index in [1.54, 1.807) is 23.6 Å². The van der Waals surface area contributed by atoms with E-state index in [4.69, 9.17) is 19.5 Å². The lowest BCUT2D eigenvalue weighted by atomic mass is 10.2.